The molecule has 1 aliphatic heterocycles. The average Bonchev–Trinajstić information content (AvgIpc) is 3.40. The second-order valence-electron chi connectivity index (χ2n) is 10.8. The van der Waals surface area contributed by atoms with Gasteiger partial charge in [-0.25, -0.2) is 14.6 Å². The molecule has 0 N–H and O–H groups in total. The molecule has 16 heteroatoms. The summed E-state index contributed by atoms with van der Waals surface area (Å²) >= 11 is 8.28. The number of hydrogen-bond donors (Lipinski definition) is 0. The first-order valence-corrected chi connectivity index (χ1v) is 17.9. The van der Waals surface area contributed by atoms with Crippen LogP contribution in [0, 0.1) is 10.1 Å². The number of nitro groups is 1. The first-order valence-electron chi connectivity index (χ1n) is 15.5. The van der Waals surface area contributed by atoms with Crippen LogP contribution in [-0.4, -0.2) is 48.4 Å². The van der Waals surface area contributed by atoms with Gasteiger partial charge in [0.25, 0.3) is 11.2 Å². The van der Waals surface area contributed by atoms with Crippen LogP contribution in [0.15, 0.2) is 84.6 Å². The van der Waals surface area contributed by atoms with E-state index in [2.05, 4.69) is 41.6 Å². The van der Waals surface area contributed by atoms with Gasteiger partial charge in [-0.3, -0.25) is 19.5 Å². The molecule has 5 rings (SSSR count). The Hall–Kier alpha value is -4.80. The normalized spacial score (nSPS) is 14.0. The highest BCUT2D eigenvalue weighted by Crippen LogP contribution is 2.37. The maximum absolute atomic E-state index is 14.2. The summed E-state index contributed by atoms with van der Waals surface area (Å²) in [4.78, 5) is 54.8. The molecule has 0 amide bonds. The van der Waals surface area contributed by atoms with Crippen LogP contribution in [0.25, 0.3) is 6.08 Å². The van der Waals surface area contributed by atoms with Gasteiger partial charge in [0.1, 0.15) is 12.4 Å². The van der Waals surface area contributed by atoms with Crippen molar-refractivity contribution in [3.8, 4) is 17.2 Å². The van der Waals surface area contributed by atoms with E-state index >= 15 is 0 Å². The molecule has 0 bridgehead atoms. The number of methoxy groups -OCH3 is 1. The SMILES string of the molecule is CCOC(=O)C1=C(C)N=c2s/c(=C\c3cc(Br)c(OCc4ccc([N+](=O)[O-])cc4)c(Br)c3)c(=O)n2[C@H]1c1ccc(OCC(=O)OC)c(OCC)c1. The second kappa shape index (κ2) is 16.5. The van der Waals surface area contributed by atoms with Gasteiger partial charge in [-0.15, -0.1) is 0 Å². The van der Waals surface area contributed by atoms with Crippen molar-refractivity contribution in [1.82, 2.24) is 4.57 Å². The zero-order valence-corrected chi connectivity index (χ0v) is 31.8. The van der Waals surface area contributed by atoms with Gasteiger partial charge in [-0.1, -0.05) is 17.4 Å². The van der Waals surface area contributed by atoms with Crippen LogP contribution < -0.4 is 29.1 Å². The van der Waals surface area contributed by atoms with Crippen LogP contribution in [0.4, 0.5) is 5.69 Å². The minimum Gasteiger partial charge on any atom is -0.490 e. The van der Waals surface area contributed by atoms with Gasteiger partial charge in [-0.2, -0.15) is 0 Å². The number of nitrogens with zero attached hydrogens (tertiary/aromatic N) is 3. The second-order valence-corrected chi connectivity index (χ2v) is 13.5. The Bertz CT molecular complexity index is 2190. The van der Waals surface area contributed by atoms with E-state index in [-0.39, 0.29) is 49.0 Å². The Balaban J connectivity index is 1.54. The largest absolute Gasteiger partial charge is 0.490 e. The first kappa shape index (κ1) is 37.5. The molecule has 4 aromatic rings. The summed E-state index contributed by atoms with van der Waals surface area (Å²) in [6, 6.07) is 13.7. The molecule has 13 nitrogen and oxygen atoms in total. The predicted octanol–water partition coefficient (Wildman–Crippen LogP) is 5.76. The highest BCUT2D eigenvalue weighted by molar-refractivity contribution is 9.11. The maximum atomic E-state index is 14.2. The zero-order chi connectivity index (χ0) is 36.8. The standard InChI is InChI=1S/C35H31Br2N3O10S/c1-5-47-27-16-22(9-12-26(27)49-18-29(41)46-4)31-30(34(43)48-6-2)19(3)38-35-39(31)33(42)28(51-35)15-21-13-24(36)32(25(37)14-21)50-17-20-7-10-23(11-8-20)40(44)45/h7-16,31H,5-6,17-18H2,1-4H3/b28-15-/t31-/m0/s1. The fourth-order valence-electron chi connectivity index (χ4n) is 5.21. The number of aromatic nitrogens is 1. The van der Waals surface area contributed by atoms with E-state index in [1.165, 1.54) is 35.1 Å². The van der Waals surface area contributed by atoms with Crippen LogP contribution >= 0.6 is 43.2 Å². The molecule has 2 heterocycles. The third-order valence-corrected chi connectivity index (χ3v) is 9.68. The number of nitro benzene ring substituents is 1. The lowest BCUT2D eigenvalue weighted by Gasteiger charge is -2.25. The van der Waals surface area contributed by atoms with E-state index in [4.69, 9.17) is 18.9 Å². The number of fused-ring (bicyclic) bond motifs is 1. The highest BCUT2D eigenvalue weighted by Gasteiger charge is 2.34. The summed E-state index contributed by atoms with van der Waals surface area (Å²) in [6.45, 7) is 5.41. The summed E-state index contributed by atoms with van der Waals surface area (Å²) in [6.07, 6.45) is 1.72. The molecule has 0 saturated heterocycles. The minimum absolute atomic E-state index is 0.00966. The third kappa shape index (κ3) is 8.40. The molecule has 1 aromatic heterocycles. The van der Waals surface area contributed by atoms with Gasteiger partial charge < -0.3 is 23.7 Å². The summed E-state index contributed by atoms with van der Waals surface area (Å²) < 4.78 is 30.6. The van der Waals surface area contributed by atoms with Crippen LogP contribution in [-0.2, 0) is 25.7 Å². The van der Waals surface area contributed by atoms with Crippen molar-refractivity contribution in [2.45, 2.75) is 33.4 Å². The fourth-order valence-corrected chi connectivity index (χ4v) is 7.70. The lowest BCUT2D eigenvalue weighted by atomic mass is 9.95. The Labute approximate surface area is 312 Å². The van der Waals surface area contributed by atoms with E-state index in [1.807, 2.05) is 0 Å². The number of esters is 2. The van der Waals surface area contributed by atoms with Gasteiger partial charge in [0.2, 0.25) is 0 Å². The van der Waals surface area contributed by atoms with Gasteiger partial charge >= 0.3 is 11.9 Å². The first-order chi connectivity index (χ1) is 24.4. The number of hydrogen-bond acceptors (Lipinski definition) is 12. The van der Waals surface area contributed by atoms with E-state index in [0.29, 0.717) is 46.6 Å². The molecule has 0 radical (unpaired) electrons. The molecule has 1 atom stereocenters. The Morgan fingerprint density at radius 3 is 2.33 bits per heavy atom. The van der Waals surface area contributed by atoms with E-state index in [1.54, 1.807) is 69.3 Å². The number of halogens is 2. The molecule has 266 valence electrons. The number of carbonyl (C=O) groups is 2. The van der Waals surface area contributed by atoms with Crippen molar-refractivity contribution in [1.29, 1.82) is 0 Å². The van der Waals surface area contributed by atoms with Gasteiger partial charge in [0, 0.05) is 12.1 Å². The predicted molar refractivity (Wildman–Crippen MR) is 195 cm³/mol. The number of non-ortho nitro benzene ring substituents is 1. The molecule has 0 unspecified atom stereocenters. The molecule has 0 fully saturated rings. The molecule has 0 saturated carbocycles. The van der Waals surface area contributed by atoms with Crippen LogP contribution in [0.2, 0.25) is 0 Å². The molecular weight excluding hydrogens is 814 g/mol. The van der Waals surface area contributed by atoms with Crippen LogP contribution in [0.1, 0.15) is 43.5 Å². The lowest BCUT2D eigenvalue weighted by molar-refractivity contribution is -0.384. The number of allylic oxidation sites excluding steroid dienone is 1. The number of rotatable bonds is 13. The highest BCUT2D eigenvalue weighted by atomic mass is 79.9. The van der Waals surface area contributed by atoms with E-state index in [9.17, 15) is 24.5 Å². The monoisotopic (exact) mass is 843 g/mol. The fraction of sp³-hybridized carbons (Fsp3) is 0.257. The van der Waals surface area contributed by atoms with Gasteiger partial charge in [0.05, 0.1) is 56.0 Å². The number of carbonyl (C=O) groups excluding carboxylic acids is 2. The lowest BCUT2D eigenvalue weighted by Crippen LogP contribution is -2.40. The Morgan fingerprint density at radius 2 is 1.71 bits per heavy atom. The van der Waals surface area contributed by atoms with Crippen molar-refractivity contribution in [2.24, 2.45) is 4.99 Å². The van der Waals surface area contributed by atoms with Crippen molar-refractivity contribution in [2.75, 3.05) is 26.9 Å². The molecular formula is C35H31Br2N3O10S. The minimum atomic E-state index is -0.912. The van der Waals surface area contributed by atoms with Crippen molar-refractivity contribution >= 4 is 66.9 Å². The van der Waals surface area contributed by atoms with Crippen LogP contribution in [0.5, 0.6) is 17.2 Å². The third-order valence-electron chi connectivity index (χ3n) is 7.52. The molecule has 0 aliphatic carbocycles. The number of ether oxygens (including phenoxy) is 5. The summed E-state index contributed by atoms with van der Waals surface area (Å²) in [7, 11) is 1.26. The Kier molecular flexibility index (Phi) is 12.1. The maximum Gasteiger partial charge on any atom is 0.343 e. The molecule has 1 aliphatic rings. The zero-order valence-electron chi connectivity index (χ0n) is 27.8. The van der Waals surface area contributed by atoms with Crippen molar-refractivity contribution < 1.29 is 38.2 Å². The summed E-state index contributed by atoms with van der Waals surface area (Å²) in [5.74, 6) is -0.0807. The molecule has 51 heavy (non-hydrogen) atoms. The van der Waals surface area contributed by atoms with Crippen molar-refractivity contribution in [3.05, 3.63) is 121 Å². The van der Waals surface area contributed by atoms with E-state index in [0.717, 1.165) is 5.56 Å². The summed E-state index contributed by atoms with van der Waals surface area (Å²) in [5, 5.41) is 11.0. The molecule has 3 aromatic carbocycles. The smallest absolute Gasteiger partial charge is 0.343 e. The van der Waals surface area contributed by atoms with Gasteiger partial charge in [-0.05, 0) is 112 Å². The molecule has 0 spiro atoms. The number of benzene rings is 3. The van der Waals surface area contributed by atoms with Crippen molar-refractivity contribution in [3.63, 3.8) is 0 Å². The quantitative estimate of drug-likeness (QED) is 0.0921. The van der Waals surface area contributed by atoms with E-state index < -0.39 is 22.9 Å². The Morgan fingerprint density at radius 1 is 1.00 bits per heavy atom. The topological polar surface area (TPSA) is 158 Å². The van der Waals surface area contributed by atoms with Crippen LogP contribution in [0.3, 0.4) is 0 Å². The summed E-state index contributed by atoms with van der Waals surface area (Å²) in [5.41, 5.74) is 2.15. The van der Waals surface area contributed by atoms with Gasteiger partial charge in [0.15, 0.2) is 22.9 Å². The number of thiazole rings is 1. The average molecular weight is 846 g/mol.